The molecule has 0 radical (unpaired) electrons. The van der Waals surface area contributed by atoms with Gasteiger partial charge in [-0.3, -0.25) is 4.79 Å². The van der Waals surface area contributed by atoms with Gasteiger partial charge in [-0.05, 0) is 0 Å². The molecule has 2 rings (SSSR count). The Morgan fingerprint density at radius 2 is 2.31 bits per heavy atom. The number of thiazole rings is 1. The molecule has 0 saturated heterocycles. The fourth-order valence-corrected chi connectivity index (χ4v) is 2.37. The molecule has 2 aromatic rings. The summed E-state index contributed by atoms with van der Waals surface area (Å²) >= 11 is 12.6. The highest BCUT2D eigenvalue weighted by Gasteiger charge is 2.12. The van der Waals surface area contributed by atoms with E-state index in [0.717, 1.165) is 4.88 Å². The second-order valence-electron chi connectivity index (χ2n) is 3.02. The van der Waals surface area contributed by atoms with Crippen molar-refractivity contribution in [1.82, 2.24) is 14.5 Å². The molecular weight excluding hydrogens is 269 g/mol. The molecule has 0 saturated carbocycles. The highest BCUT2D eigenvalue weighted by atomic mass is 35.5. The second kappa shape index (κ2) is 4.95. The Morgan fingerprint density at radius 3 is 2.94 bits per heavy atom. The Morgan fingerprint density at radius 1 is 1.50 bits per heavy atom. The molecule has 0 unspecified atom stereocenters. The standard InChI is InChI=1S/C9H7Cl2N3OS/c10-3-7(15)8-12-1-2-14(8)5-6-4-13-9(11)16-6/h1-2,4H,3,5H2. The van der Waals surface area contributed by atoms with E-state index in [1.807, 2.05) is 0 Å². The van der Waals surface area contributed by atoms with Crippen molar-refractivity contribution in [3.05, 3.63) is 33.8 Å². The number of carbonyl (C=O) groups is 1. The van der Waals surface area contributed by atoms with Crippen molar-refractivity contribution in [2.24, 2.45) is 0 Å². The number of ketones is 1. The summed E-state index contributed by atoms with van der Waals surface area (Å²) in [5, 5.41) is 0. The summed E-state index contributed by atoms with van der Waals surface area (Å²) in [6, 6.07) is 0. The number of halogens is 2. The first-order chi connectivity index (χ1) is 7.70. The van der Waals surface area contributed by atoms with E-state index in [-0.39, 0.29) is 11.7 Å². The third kappa shape index (κ3) is 2.42. The van der Waals surface area contributed by atoms with Gasteiger partial charge in [0.25, 0.3) is 0 Å². The summed E-state index contributed by atoms with van der Waals surface area (Å²) in [6.07, 6.45) is 4.98. The fraction of sp³-hybridized carbons (Fsp3) is 0.222. The predicted octanol–water partition coefficient (Wildman–Crippen LogP) is 2.46. The van der Waals surface area contributed by atoms with Crippen LogP contribution in [0.15, 0.2) is 18.6 Å². The average Bonchev–Trinajstić information content (AvgIpc) is 2.87. The molecule has 0 fully saturated rings. The van der Waals surface area contributed by atoms with Crippen LogP contribution < -0.4 is 0 Å². The van der Waals surface area contributed by atoms with Crippen molar-refractivity contribution in [1.29, 1.82) is 0 Å². The van der Waals surface area contributed by atoms with Crippen molar-refractivity contribution in [2.45, 2.75) is 6.54 Å². The molecule has 0 aliphatic carbocycles. The first kappa shape index (κ1) is 11.6. The van der Waals surface area contributed by atoms with Crippen molar-refractivity contribution < 1.29 is 4.79 Å². The average molecular weight is 276 g/mol. The van der Waals surface area contributed by atoms with Crippen LogP contribution in [-0.4, -0.2) is 26.2 Å². The summed E-state index contributed by atoms with van der Waals surface area (Å²) in [5.41, 5.74) is 0. The number of aromatic nitrogens is 3. The van der Waals surface area contributed by atoms with Gasteiger partial charge in [-0.2, -0.15) is 0 Å². The van der Waals surface area contributed by atoms with E-state index < -0.39 is 0 Å². The Kier molecular flexibility index (Phi) is 3.58. The Labute approximate surface area is 106 Å². The number of hydrogen-bond acceptors (Lipinski definition) is 4. The number of Topliss-reactive ketones (excluding diaryl/α,β-unsaturated/α-hetero) is 1. The van der Waals surface area contributed by atoms with E-state index in [2.05, 4.69) is 9.97 Å². The van der Waals surface area contributed by atoms with E-state index in [0.29, 0.717) is 16.8 Å². The van der Waals surface area contributed by atoms with Crippen LogP contribution in [0.4, 0.5) is 0 Å². The Balaban J connectivity index is 2.22. The topological polar surface area (TPSA) is 47.8 Å². The molecule has 0 bridgehead atoms. The van der Waals surface area contributed by atoms with Gasteiger partial charge in [0.15, 0.2) is 10.3 Å². The lowest BCUT2D eigenvalue weighted by molar-refractivity contribution is 0.100. The van der Waals surface area contributed by atoms with Gasteiger partial charge >= 0.3 is 0 Å². The number of rotatable bonds is 4. The SMILES string of the molecule is O=C(CCl)c1nccn1Cc1cnc(Cl)s1. The maximum Gasteiger partial charge on any atom is 0.212 e. The first-order valence-electron chi connectivity index (χ1n) is 4.41. The van der Waals surface area contributed by atoms with Gasteiger partial charge in [0, 0.05) is 23.5 Å². The Bertz CT molecular complexity index is 508. The van der Waals surface area contributed by atoms with Crippen molar-refractivity contribution >= 4 is 40.3 Å². The van der Waals surface area contributed by atoms with Crippen LogP contribution in [0.25, 0.3) is 0 Å². The monoisotopic (exact) mass is 275 g/mol. The molecule has 0 aliphatic rings. The third-order valence-electron chi connectivity index (χ3n) is 1.94. The number of alkyl halides is 1. The van der Waals surface area contributed by atoms with Gasteiger partial charge in [0.2, 0.25) is 5.78 Å². The zero-order valence-corrected chi connectivity index (χ0v) is 10.4. The van der Waals surface area contributed by atoms with Crippen LogP contribution in [0.2, 0.25) is 4.47 Å². The van der Waals surface area contributed by atoms with E-state index in [1.165, 1.54) is 11.3 Å². The summed E-state index contributed by atoms with van der Waals surface area (Å²) in [4.78, 5) is 20.3. The first-order valence-corrected chi connectivity index (χ1v) is 6.14. The highest BCUT2D eigenvalue weighted by molar-refractivity contribution is 7.15. The molecule has 2 aromatic heterocycles. The minimum atomic E-state index is -0.192. The predicted molar refractivity (Wildman–Crippen MR) is 63.5 cm³/mol. The number of nitrogens with zero attached hydrogens (tertiary/aromatic N) is 3. The molecule has 0 spiro atoms. The van der Waals surface area contributed by atoms with Gasteiger partial charge in [-0.1, -0.05) is 11.6 Å². The van der Waals surface area contributed by atoms with E-state index in [9.17, 15) is 4.79 Å². The van der Waals surface area contributed by atoms with Crippen molar-refractivity contribution in [2.75, 3.05) is 5.88 Å². The molecule has 0 atom stereocenters. The van der Waals surface area contributed by atoms with Crippen molar-refractivity contribution in [3.8, 4) is 0 Å². The maximum absolute atomic E-state index is 11.4. The summed E-state index contributed by atoms with van der Waals surface area (Å²) in [5.74, 6) is 0.0993. The van der Waals surface area contributed by atoms with E-state index in [1.54, 1.807) is 23.2 Å². The molecule has 16 heavy (non-hydrogen) atoms. The molecule has 7 heteroatoms. The van der Waals surface area contributed by atoms with E-state index >= 15 is 0 Å². The molecule has 0 amide bonds. The zero-order chi connectivity index (χ0) is 11.5. The van der Waals surface area contributed by atoms with Gasteiger partial charge in [0.05, 0.1) is 12.4 Å². The summed E-state index contributed by atoms with van der Waals surface area (Å²) < 4.78 is 2.22. The quantitative estimate of drug-likeness (QED) is 0.636. The fourth-order valence-electron chi connectivity index (χ4n) is 1.27. The molecular formula is C9H7Cl2N3OS. The lowest BCUT2D eigenvalue weighted by Crippen LogP contribution is -2.11. The lowest BCUT2D eigenvalue weighted by atomic mass is 10.4. The minimum Gasteiger partial charge on any atom is -0.323 e. The molecule has 4 nitrogen and oxygen atoms in total. The van der Waals surface area contributed by atoms with Crippen LogP contribution in [-0.2, 0) is 6.54 Å². The van der Waals surface area contributed by atoms with Gasteiger partial charge in [-0.25, -0.2) is 9.97 Å². The van der Waals surface area contributed by atoms with Gasteiger partial charge in [-0.15, -0.1) is 22.9 Å². The minimum absolute atomic E-state index is 0.0690. The van der Waals surface area contributed by atoms with Crippen LogP contribution in [0.1, 0.15) is 15.5 Å². The largest absolute Gasteiger partial charge is 0.323 e. The van der Waals surface area contributed by atoms with Crippen LogP contribution >= 0.6 is 34.5 Å². The molecule has 0 aromatic carbocycles. The smallest absolute Gasteiger partial charge is 0.212 e. The molecule has 2 heterocycles. The van der Waals surface area contributed by atoms with E-state index in [4.69, 9.17) is 23.2 Å². The molecule has 84 valence electrons. The van der Waals surface area contributed by atoms with Crippen molar-refractivity contribution in [3.63, 3.8) is 0 Å². The molecule has 0 N–H and O–H groups in total. The van der Waals surface area contributed by atoms with Crippen LogP contribution in [0.5, 0.6) is 0 Å². The lowest BCUT2D eigenvalue weighted by Gasteiger charge is -2.03. The normalized spacial score (nSPS) is 10.6. The maximum atomic E-state index is 11.4. The van der Waals surface area contributed by atoms with Gasteiger partial charge < -0.3 is 4.57 Å². The number of carbonyl (C=O) groups excluding carboxylic acids is 1. The number of imidazole rings is 1. The third-order valence-corrected chi connectivity index (χ3v) is 3.28. The number of hydrogen-bond donors (Lipinski definition) is 0. The van der Waals surface area contributed by atoms with Crippen LogP contribution in [0.3, 0.4) is 0 Å². The summed E-state index contributed by atoms with van der Waals surface area (Å²) in [6.45, 7) is 0.530. The van der Waals surface area contributed by atoms with Gasteiger partial charge in [0.1, 0.15) is 0 Å². The Hall–Kier alpha value is -0.910. The second-order valence-corrected chi connectivity index (χ2v) is 4.98. The zero-order valence-electron chi connectivity index (χ0n) is 8.06. The van der Waals surface area contributed by atoms with Crippen LogP contribution in [0, 0.1) is 0 Å². The molecule has 0 aliphatic heterocycles. The summed E-state index contributed by atoms with van der Waals surface area (Å²) in [7, 11) is 0. The highest BCUT2D eigenvalue weighted by Crippen LogP contribution is 2.19.